The number of rotatable bonds is 11. The molecular formula is C35H31ClN2O7S. The summed E-state index contributed by atoms with van der Waals surface area (Å²) in [4.78, 5) is 33.4. The van der Waals surface area contributed by atoms with Crippen molar-refractivity contribution in [1.29, 1.82) is 0 Å². The maximum Gasteiger partial charge on any atom is 0.338 e. The molecule has 0 saturated carbocycles. The van der Waals surface area contributed by atoms with Gasteiger partial charge in [-0.05, 0) is 49.8 Å². The molecule has 0 unspecified atom stereocenters. The summed E-state index contributed by atoms with van der Waals surface area (Å²) >= 11 is 7.75. The number of halogens is 1. The predicted octanol–water partition coefficient (Wildman–Crippen LogP) is 5.02. The Morgan fingerprint density at radius 1 is 1.04 bits per heavy atom. The fourth-order valence-electron chi connectivity index (χ4n) is 5.12. The molecule has 1 aromatic heterocycles. The molecule has 236 valence electrons. The molecule has 46 heavy (non-hydrogen) atoms. The minimum atomic E-state index is -0.935. The van der Waals surface area contributed by atoms with Crippen molar-refractivity contribution in [2.24, 2.45) is 4.99 Å². The number of nitrogens with zero attached hydrogens (tertiary/aromatic N) is 2. The molecular weight excluding hydrogens is 628 g/mol. The second-order valence-electron chi connectivity index (χ2n) is 9.80. The lowest BCUT2D eigenvalue weighted by molar-refractivity contribution is -0.138. The van der Waals surface area contributed by atoms with Crippen molar-refractivity contribution in [3.05, 3.63) is 108 Å². The third-order valence-corrected chi connectivity index (χ3v) is 8.30. The predicted molar refractivity (Wildman–Crippen MR) is 178 cm³/mol. The van der Waals surface area contributed by atoms with Crippen molar-refractivity contribution in [2.45, 2.75) is 19.9 Å². The molecule has 0 aliphatic carbocycles. The van der Waals surface area contributed by atoms with Crippen molar-refractivity contribution >= 4 is 40.7 Å². The van der Waals surface area contributed by atoms with Crippen LogP contribution in [-0.2, 0) is 9.53 Å². The van der Waals surface area contributed by atoms with E-state index in [2.05, 4.69) is 5.92 Å². The van der Waals surface area contributed by atoms with Crippen LogP contribution in [0.25, 0.3) is 11.8 Å². The average molecular weight is 659 g/mol. The first kappa shape index (κ1) is 32.4. The molecule has 0 bridgehead atoms. The number of esters is 1. The number of ether oxygens (including phenoxy) is 5. The Morgan fingerprint density at radius 3 is 2.50 bits per heavy atom. The second-order valence-corrected chi connectivity index (χ2v) is 11.2. The Kier molecular flexibility index (Phi) is 10.2. The van der Waals surface area contributed by atoms with Gasteiger partial charge in [0.05, 0.1) is 48.3 Å². The van der Waals surface area contributed by atoms with E-state index in [9.17, 15) is 9.59 Å². The molecule has 9 nitrogen and oxygen atoms in total. The lowest BCUT2D eigenvalue weighted by Crippen LogP contribution is -2.40. The van der Waals surface area contributed by atoms with Gasteiger partial charge < -0.3 is 23.7 Å². The minimum absolute atomic E-state index is 0.0130. The number of hydrogen-bond acceptors (Lipinski definition) is 9. The Labute approximate surface area is 274 Å². The molecule has 0 N–H and O–H groups in total. The van der Waals surface area contributed by atoms with Gasteiger partial charge in [0.15, 0.2) is 16.3 Å². The Bertz CT molecular complexity index is 2030. The van der Waals surface area contributed by atoms with E-state index < -0.39 is 12.0 Å². The van der Waals surface area contributed by atoms with Gasteiger partial charge in [0.1, 0.15) is 24.1 Å². The van der Waals surface area contributed by atoms with Crippen molar-refractivity contribution in [3.8, 4) is 35.3 Å². The van der Waals surface area contributed by atoms with Gasteiger partial charge >= 0.3 is 5.97 Å². The van der Waals surface area contributed by atoms with E-state index in [1.165, 1.54) is 23.0 Å². The number of carbonyl (C=O) groups is 1. The maximum atomic E-state index is 14.3. The number of methoxy groups -OCH3 is 2. The normalized spacial score (nSPS) is 14.2. The number of benzene rings is 3. The van der Waals surface area contributed by atoms with Gasteiger partial charge in [-0.25, -0.2) is 9.79 Å². The van der Waals surface area contributed by atoms with E-state index in [-0.39, 0.29) is 29.4 Å². The summed E-state index contributed by atoms with van der Waals surface area (Å²) in [6.07, 6.45) is 7.07. The fraction of sp³-hybridized carbons (Fsp3) is 0.229. The van der Waals surface area contributed by atoms with Gasteiger partial charge in [-0.2, -0.15) is 0 Å². The molecule has 1 atom stereocenters. The van der Waals surface area contributed by atoms with Gasteiger partial charge in [0.2, 0.25) is 0 Å². The first-order chi connectivity index (χ1) is 22.3. The van der Waals surface area contributed by atoms with Crippen molar-refractivity contribution in [1.82, 2.24) is 4.57 Å². The lowest BCUT2D eigenvalue weighted by atomic mass is 9.92. The largest absolute Gasteiger partial charge is 0.497 e. The van der Waals surface area contributed by atoms with Crippen LogP contribution in [0.15, 0.2) is 76.0 Å². The Morgan fingerprint density at radius 2 is 1.83 bits per heavy atom. The van der Waals surface area contributed by atoms with Crippen LogP contribution in [-0.4, -0.2) is 44.6 Å². The molecule has 3 aromatic carbocycles. The van der Waals surface area contributed by atoms with E-state index in [4.69, 9.17) is 46.7 Å². The van der Waals surface area contributed by atoms with Gasteiger partial charge in [-0.3, -0.25) is 9.36 Å². The average Bonchev–Trinajstić information content (AvgIpc) is 3.37. The topological polar surface area (TPSA) is 97.6 Å². The molecule has 0 radical (unpaired) electrons. The molecule has 0 spiro atoms. The highest BCUT2D eigenvalue weighted by molar-refractivity contribution is 7.07. The summed E-state index contributed by atoms with van der Waals surface area (Å²) in [5.41, 5.74) is 2.06. The molecule has 1 aliphatic rings. The molecule has 5 rings (SSSR count). The number of hydrogen-bond donors (Lipinski definition) is 0. The van der Waals surface area contributed by atoms with Crippen LogP contribution in [0, 0.1) is 12.3 Å². The number of thiazole rings is 1. The van der Waals surface area contributed by atoms with Crippen LogP contribution < -0.4 is 33.8 Å². The molecule has 4 aromatic rings. The van der Waals surface area contributed by atoms with E-state index in [1.807, 2.05) is 37.3 Å². The zero-order valence-corrected chi connectivity index (χ0v) is 27.2. The molecule has 0 amide bonds. The van der Waals surface area contributed by atoms with Gasteiger partial charge in [-0.15, -0.1) is 6.42 Å². The minimum Gasteiger partial charge on any atom is -0.497 e. The molecule has 1 aliphatic heterocycles. The second kappa shape index (κ2) is 14.4. The fourth-order valence-corrected chi connectivity index (χ4v) is 6.39. The van der Waals surface area contributed by atoms with Crippen molar-refractivity contribution < 1.29 is 28.5 Å². The van der Waals surface area contributed by atoms with Gasteiger partial charge in [-0.1, -0.05) is 59.2 Å². The molecule has 0 saturated heterocycles. The maximum absolute atomic E-state index is 14.3. The van der Waals surface area contributed by atoms with Crippen LogP contribution in [0.4, 0.5) is 0 Å². The van der Waals surface area contributed by atoms with Crippen molar-refractivity contribution in [2.75, 3.05) is 34.0 Å². The zero-order chi connectivity index (χ0) is 32.8. The first-order valence-corrected chi connectivity index (χ1v) is 15.6. The van der Waals surface area contributed by atoms with Crippen LogP contribution in [0.2, 0.25) is 5.02 Å². The van der Waals surface area contributed by atoms with Crippen LogP contribution >= 0.6 is 22.9 Å². The highest BCUT2D eigenvalue weighted by atomic mass is 35.5. The lowest BCUT2D eigenvalue weighted by Gasteiger charge is -2.27. The van der Waals surface area contributed by atoms with E-state index in [0.717, 1.165) is 0 Å². The number of carbonyl (C=O) groups excluding carboxylic acids is 1. The molecule has 2 heterocycles. The zero-order valence-electron chi connectivity index (χ0n) is 25.7. The van der Waals surface area contributed by atoms with Gasteiger partial charge in [0, 0.05) is 17.2 Å². The quantitative estimate of drug-likeness (QED) is 0.165. The summed E-state index contributed by atoms with van der Waals surface area (Å²) in [7, 11) is 3.07. The number of terminal acetylenes is 1. The standard InChI is InChI=1S/C35H31ClN2O7S/c1-6-16-45-32-25(36)17-21(18-27(32)43-7-2)19-28-33(39)38-31(24-15-14-23(41-4)20-26(24)42-5)29(34(40)44-8-3)30(37-35(38)46-28)22-12-10-9-11-13-22/h1,9-15,17-20,31H,7-8,16H2,2-5H3/b28-19-/t31-/m0/s1. The third kappa shape index (κ3) is 6.38. The van der Waals surface area contributed by atoms with Crippen LogP contribution in [0.1, 0.15) is 36.6 Å². The highest BCUT2D eigenvalue weighted by Crippen LogP contribution is 2.40. The summed E-state index contributed by atoms with van der Waals surface area (Å²) in [6.45, 7) is 4.06. The molecule has 11 heteroatoms. The van der Waals surface area contributed by atoms with E-state index >= 15 is 0 Å². The van der Waals surface area contributed by atoms with Crippen LogP contribution in [0.3, 0.4) is 0 Å². The Balaban J connectivity index is 1.81. The first-order valence-electron chi connectivity index (χ1n) is 14.4. The van der Waals surface area contributed by atoms with E-state index in [0.29, 0.717) is 61.3 Å². The highest BCUT2D eigenvalue weighted by Gasteiger charge is 2.37. The van der Waals surface area contributed by atoms with E-state index in [1.54, 1.807) is 50.4 Å². The van der Waals surface area contributed by atoms with Gasteiger partial charge in [0.25, 0.3) is 5.56 Å². The summed E-state index contributed by atoms with van der Waals surface area (Å²) in [5.74, 6) is 3.50. The SMILES string of the molecule is C#CCOc1c(Cl)cc(/C=c2\sc3n(c2=O)[C@@H](c2ccc(OC)cc2OC)C(C(=O)OCC)=C(c2ccccc2)N=3)cc1OCC. The summed E-state index contributed by atoms with van der Waals surface area (Å²) in [6, 6.07) is 17.0. The summed E-state index contributed by atoms with van der Waals surface area (Å²) < 4.78 is 30.0. The Hall–Kier alpha value is -4.98. The summed E-state index contributed by atoms with van der Waals surface area (Å²) in [5, 5.41) is 0.275. The number of fused-ring (bicyclic) bond motifs is 1. The number of aromatic nitrogens is 1. The smallest absolute Gasteiger partial charge is 0.338 e. The van der Waals surface area contributed by atoms with Crippen molar-refractivity contribution in [3.63, 3.8) is 0 Å². The monoisotopic (exact) mass is 658 g/mol. The molecule has 0 fully saturated rings. The third-order valence-electron chi connectivity index (χ3n) is 7.04. The van der Waals surface area contributed by atoms with Crippen LogP contribution in [0.5, 0.6) is 23.0 Å².